The quantitative estimate of drug-likeness (QED) is 0.408. The summed E-state index contributed by atoms with van der Waals surface area (Å²) in [6.45, 7) is 3.66. The second-order valence-corrected chi connectivity index (χ2v) is 9.84. The highest BCUT2D eigenvalue weighted by atomic mass is 35.5. The Kier molecular flexibility index (Phi) is 8.26. The zero-order valence-corrected chi connectivity index (χ0v) is 21.4. The molecule has 0 atom stereocenters. The van der Waals surface area contributed by atoms with E-state index < -0.39 is 11.1 Å². The summed E-state index contributed by atoms with van der Waals surface area (Å²) in [5, 5.41) is 0.476. The van der Waals surface area contributed by atoms with Crippen LogP contribution in [0.25, 0.3) is 6.08 Å². The summed E-state index contributed by atoms with van der Waals surface area (Å²) in [4.78, 5) is 40.6. The average Bonchev–Trinajstić information content (AvgIpc) is 3.46. The molecule has 35 heavy (non-hydrogen) atoms. The number of carbonyl (C=O) groups is 3. The van der Waals surface area contributed by atoms with Crippen molar-refractivity contribution in [3.05, 3.63) is 62.5 Å². The van der Waals surface area contributed by atoms with Crippen LogP contribution >= 0.6 is 35.0 Å². The summed E-state index contributed by atoms with van der Waals surface area (Å²) in [5.74, 6) is 0.364. The SMILES string of the molecule is CCOc1cc(/C=C2/SC(=O)N(CC(=O)N3CCCC3)C2=O)ccc1OCc1ccc(Cl)c(Cl)c1. The van der Waals surface area contributed by atoms with Gasteiger partial charge >= 0.3 is 0 Å². The summed E-state index contributed by atoms with van der Waals surface area (Å²) < 4.78 is 11.7. The molecule has 2 aliphatic heterocycles. The van der Waals surface area contributed by atoms with E-state index in [1.54, 1.807) is 41.3 Å². The van der Waals surface area contributed by atoms with E-state index in [9.17, 15) is 14.4 Å². The fraction of sp³-hybridized carbons (Fsp3) is 0.320. The van der Waals surface area contributed by atoms with E-state index in [0.29, 0.717) is 46.8 Å². The number of halogens is 2. The maximum atomic E-state index is 12.8. The van der Waals surface area contributed by atoms with E-state index >= 15 is 0 Å². The van der Waals surface area contributed by atoms with Crippen LogP contribution in [0.1, 0.15) is 30.9 Å². The number of likely N-dealkylation sites (tertiary alicyclic amines) is 1. The Morgan fingerprint density at radius 3 is 2.51 bits per heavy atom. The number of hydrogen-bond donors (Lipinski definition) is 0. The summed E-state index contributed by atoms with van der Waals surface area (Å²) in [6.07, 6.45) is 3.52. The number of benzene rings is 2. The second kappa shape index (κ2) is 11.4. The van der Waals surface area contributed by atoms with Crippen LogP contribution < -0.4 is 9.47 Å². The van der Waals surface area contributed by atoms with Crippen molar-refractivity contribution in [2.75, 3.05) is 26.2 Å². The third-order valence-corrected chi connectivity index (χ3v) is 7.22. The van der Waals surface area contributed by atoms with E-state index in [2.05, 4.69) is 0 Å². The van der Waals surface area contributed by atoms with Crippen LogP contribution in [0.3, 0.4) is 0 Å². The van der Waals surface area contributed by atoms with E-state index in [1.807, 2.05) is 13.0 Å². The van der Waals surface area contributed by atoms with Crippen LogP contribution in [0.4, 0.5) is 4.79 Å². The Bertz CT molecular complexity index is 1180. The lowest BCUT2D eigenvalue weighted by Gasteiger charge is -2.18. The van der Waals surface area contributed by atoms with Gasteiger partial charge in [0.25, 0.3) is 11.1 Å². The van der Waals surface area contributed by atoms with Crippen molar-refractivity contribution in [2.24, 2.45) is 0 Å². The minimum absolute atomic E-state index is 0.201. The molecule has 2 aromatic carbocycles. The fourth-order valence-electron chi connectivity index (χ4n) is 3.78. The van der Waals surface area contributed by atoms with Crippen molar-refractivity contribution in [2.45, 2.75) is 26.4 Å². The first-order valence-electron chi connectivity index (χ1n) is 11.2. The second-order valence-electron chi connectivity index (χ2n) is 8.03. The van der Waals surface area contributed by atoms with E-state index in [4.69, 9.17) is 32.7 Å². The molecule has 2 aliphatic rings. The standard InChI is InChI=1S/C25H24Cl2N2O5S/c1-2-33-21-12-16(6-8-20(21)34-15-17-5-7-18(26)19(27)11-17)13-22-24(31)29(25(32)35-22)14-23(30)28-9-3-4-10-28/h5-8,11-13H,2-4,9-10,14-15H2,1H3/b22-13+. The molecule has 0 bridgehead atoms. The van der Waals surface area contributed by atoms with Gasteiger partial charge in [-0.1, -0.05) is 35.3 Å². The van der Waals surface area contributed by atoms with Gasteiger partial charge in [-0.05, 0) is 73.0 Å². The van der Waals surface area contributed by atoms with Gasteiger partial charge in [-0.25, -0.2) is 0 Å². The molecule has 184 valence electrons. The lowest BCUT2D eigenvalue weighted by atomic mass is 10.1. The van der Waals surface area contributed by atoms with Crippen LogP contribution in [0.15, 0.2) is 41.3 Å². The van der Waals surface area contributed by atoms with Crippen LogP contribution in [-0.4, -0.2) is 53.1 Å². The highest BCUT2D eigenvalue weighted by molar-refractivity contribution is 8.18. The number of rotatable bonds is 8. The Labute approximate surface area is 217 Å². The van der Waals surface area contributed by atoms with Crippen LogP contribution in [0, 0.1) is 0 Å². The normalized spacial score (nSPS) is 16.9. The van der Waals surface area contributed by atoms with Crippen LogP contribution in [0.5, 0.6) is 11.5 Å². The van der Waals surface area contributed by atoms with E-state index in [0.717, 1.165) is 35.1 Å². The predicted molar refractivity (Wildman–Crippen MR) is 137 cm³/mol. The first-order chi connectivity index (χ1) is 16.9. The molecule has 2 aromatic rings. The first kappa shape index (κ1) is 25.4. The van der Waals surface area contributed by atoms with Crippen LogP contribution in [0.2, 0.25) is 10.0 Å². The smallest absolute Gasteiger partial charge is 0.294 e. The molecule has 0 spiro atoms. The predicted octanol–water partition coefficient (Wildman–Crippen LogP) is 5.63. The van der Waals surface area contributed by atoms with Crippen molar-refractivity contribution >= 4 is 58.1 Å². The summed E-state index contributed by atoms with van der Waals surface area (Å²) in [7, 11) is 0. The molecule has 10 heteroatoms. The fourth-order valence-corrected chi connectivity index (χ4v) is 4.94. The number of amides is 3. The average molecular weight is 535 g/mol. The van der Waals surface area contributed by atoms with Gasteiger partial charge in [0.1, 0.15) is 13.2 Å². The molecule has 2 saturated heterocycles. The number of ether oxygens (including phenoxy) is 2. The van der Waals surface area contributed by atoms with Gasteiger partial charge in [-0.2, -0.15) is 0 Å². The van der Waals surface area contributed by atoms with Gasteiger partial charge < -0.3 is 14.4 Å². The molecular formula is C25H24Cl2N2O5S. The molecule has 0 N–H and O–H groups in total. The summed E-state index contributed by atoms with van der Waals surface area (Å²) >= 11 is 12.9. The zero-order chi connectivity index (χ0) is 24.9. The lowest BCUT2D eigenvalue weighted by molar-refractivity contribution is -0.135. The van der Waals surface area contributed by atoms with Gasteiger partial charge in [0.2, 0.25) is 5.91 Å². The largest absolute Gasteiger partial charge is 0.490 e. The van der Waals surface area contributed by atoms with Gasteiger partial charge in [0.15, 0.2) is 11.5 Å². The topological polar surface area (TPSA) is 76.2 Å². The van der Waals surface area contributed by atoms with Crippen molar-refractivity contribution in [1.29, 1.82) is 0 Å². The molecule has 4 rings (SSSR count). The Morgan fingerprint density at radius 1 is 1.03 bits per heavy atom. The summed E-state index contributed by atoms with van der Waals surface area (Å²) in [6, 6.07) is 10.5. The molecule has 2 fully saturated rings. The summed E-state index contributed by atoms with van der Waals surface area (Å²) in [5.41, 5.74) is 1.52. The van der Waals surface area contributed by atoms with Gasteiger partial charge in [-0.15, -0.1) is 0 Å². The first-order valence-corrected chi connectivity index (χ1v) is 12.8. The molecule has 0 unspecified atom stereocenters. The van der Waals surface area contributed by atoms with Gasteiger partial charge in [0, 0.05) is 13.1 Å². The monoisotopic (exact) mass is 534 g/mol. The van der Waals surface area contributed by atoms with Crippen molar-refractivity contribution in [3.63, 3.8) is 0 Å². The number of thioether (sulfide) groups is 1. The minimum atomic E-state index is -0.467. The molecule has 3 amide bonds. The maximum Gasteiger partial charge on any atom is 0.294 e. The van der Waals surface area contributed by atoms with E-state index in [-0.39, 0.29) is 24.0 Å². The molecule has 7 nitrogen and oxygen atoms in total. The highest BCUT2D eigenvalue weighted by Crippen LogP contribution is 2.35. The van der Waals surface area contributed by atoms with E-state index in [1.165, 1.54) is 0 Å². The van der Waals surface area contributed by atoms with Gasteiger partial charge in [-0.3, -0.25) is 19.3 Å². The van der Waals surface area contributed by atoms with Crippen LogP contribution in [-0.2, 0) is 16.2 Å². The molecular weight excluding hydrogens is 511 g/mol. The zero-order valence-electron chi connectivity index (χ0n) is 19.1. The Balaban J connectivity index is 1.47. The molecule has 2 heterocycles. The molecule has 0 aliphatic carbocycles. The van der Waals surface area contributed by atoms with Gasteiger partial charge in [0.05, 0.1) is 21.6 Å². The minimum Gasteiger partial charge on any atom is -0.490 e. The third-order valence-electron chi connectivity index (χ3n) is 5.57. The number of imide groups is 1. The third kappa shape index (κ3) is 6.12. The van der Waals surface area contributed by atoms with Crippen molar-refractivity contribution in [3.8, 4) is 11.5 Å². The molecule has 0 aromatic heterocycles. The lowest BCUT2D eigenvalue weighted by Crippen LogP contribution is -2.40. The number of hydrogen-bond acceptors (Lipinski definition) is 6. The number of carbonyl (C=O) groups excluding carboxylic acids is 3. The maximum absolute atomic E-state index is 12.8. The van der Waals surface area contributed by atoms with Crippen molar-refractivity contribution < 1.29 is 23.9 Å². The Hall–Kier alpha value is -2.68. The Morgan fingerprint density at radius 2 is 1.80 bits per heavy atom. The number of nitrogens with zero attached hydrogens (tertiary/aromatic N) is 2. The van der Waals surface area contributed by atoms with Crippen molar-refractivity contribution in [1.82, 2.24) is 9.80 Å². The highest BCUT2D eigenvalue weighted by Gasteiger charge is 2.37. The molecule has 0 saturated carbocycles. The molecule has 0 radical (unpaired) electrons.